The van der Waals surface area contributed by atoms with Gasteiger partial charge in [0, 0.05) is 10.8 Å². The Labute approximate surface area is 138 Å². The molecule has 23 heavy (non-hydrogen) atoms. The molecule has 7 heteroatoms. The van der Waals surface area contributed by atoms with Crippen molar-refractivity contribution in [3.63, 3.8) is 0 Å². The van der Waals surface area contributed by atoms with Crippen molar-refractivity contribution in [1.29, 1.82) is 0 Å². The van der Waals surface area contributed by atoms with Crippen LogP contribution in [0.3, 0.4) is 0 Å². The first-order chi connectivity index (χ1) is 10.5. The Bertz CT molecular complexity index is 921. The zero-order chi connectivity index (χ0) is 15.7. The highest BCUT2D eigenvalue weighted by Gasteiger charge is 2.09. The van der Waals surface area contributed by atoms with E-state index in [2.05, 4.69) is 15.3 Å². The van der Waals surface area contributed by atoms with Crippen molar-refractivity contribution >= 4 is 45.9 Å². The molecule has 0 unspecified atom stereocenters. The number of pyridine rings is 2. The molecule has 3 aromatic rings. The highest BCUT2D eigenvalue weighted by Crippen LogP contribution is 2.20. The Morgan fingerprint density at radius 1 is 1.17 bits per heavy atom. The van der Waals surface area contributed by atoms with Gasteiger partial charge in [0.15, 0.2) is 0 Å². The fourth-order valence-electron chi connectivity index (χ4n) is 2.38. The van der Waals surface area contributed by atoms with Crippen molar-refractivity contribution in [3.8, 4) is 0 Å². The van der Waals surface area contributed by atoms with E-state index >= 15 is 0 Å². The average molecular weight is 333 g/mol. The lowest BCUT2D eigenvalue weighted by atomic mass is 10.1. The summed E-state index contributed by atoms with van der Waals surface area (Å²) in [5.41, 5.74) is 1.17. The molecule has 0 fully saturated rings. The summed E-state index contributed by atoms with van der Waals surface area (Å²) < 4.78 is 0. The van der Waals surface area contributed by atoms with E-state index in [9.17, 15) is 9.59 Å². The summed E-state index contributed by atoms with van der Waals surface area (Å²) in [6, 6.07) is 10.7. The Morgan fingerprint density at radius 2 is 1.87 bits per heavy atom. The first-order valence-electron chi connectivity index (χ1n) is 6.91. The molecule has 0 bridgehead atoms. The summed E-state index contributed by atoms with van der Waals surface area (Å²) >= 11 is 0. The molecule has 2 heterocycles. The van der Waals surface area contributed by atoms with Crippen LogP contribution in [0, 0.1) is 0 Å². The molecule has 0 saturated carbocycles. The number of likely N-dealkylation sites (N-methyl/N-ethyl adjacent to an activating group) is 1. The van der Waals surface area contributed by atoms with Crippen LogP contribution in [0.1, 0.15) is 0 Å². The maximum atomic E-state index is 12.0. The van der Waals surface area contributed by atoms with E-state index in [1.165, 1.54) is 0 Å². The van der Waals surface area contributed by atoms with Gasteiger partial charge in [-0.25, -0.2) is 4.98 Å². The summed E-state index contributed by atoms with van der Waals surface area (Å²) in [6.07, 6.45) is 0. The average Bonchev–Trinajstić information content (AvgIpc) is 2.47. The van der Waals surface area contributed by atoms with Crippen LogP contribution in [-0.4, -0.2) is 41.4 Å². The van der Waals surface area contributed by atoms with E-state index in [0.29, 0.717) is 22.2 Å². The van der Waals surface area contributed by atoms with Crippen molar-refractivity contribution in [2.45, 2.75) is 0 Å². The second-order valence-electron chi connectivity index (χ2n) is 5.38. The van der Waals surface area contributed by atoms with Gasteiger partial charge in [0.05, 0.1) is 17.6 Å². The van der Waals surface area contributed by atoms with Gasteiger partial charge in [-0.05, 0) is 32.3 Å². The number of carbonyl (C=O) groups is 1. The largest absolute Gasteiger partial charge is 0.320 e. The van der Waals surface area contributed by atoms with Crippen LogP contribution in [0.25, 0.3) is 21.8 Å². The Kier molecular flexibility index (Phi) is 4.98. The normalized spacial score (nSPS) is 10.7. The third kappa shape index (κ3) is 3.49. The second-order valence-corrected chi connectivity index (χ2v) is 5.38. The Morgan fingerprint density at radius 3 is 2.57 bits per heavy atom. The molecule has 6 nitrogen and oxygen atoms in total. The number of nitrogens with zero attached hydrogens (tertiary/aromatic N) is 2. The van der Waals surface area contributed by atoms with E-state index in [4.69, 9.17) is 0 Å². The molecule has 0 radical (unpaired) electrons. The van der Waals surface area contributed by atoms with Gasteiger partial charge in [0.25, 0.3) is 5.56 Å². The minimum absolute atomic E-state index is 0. The number of anilines is 1. The topological polar surface area (TPSA) is 78.1 Å². The molecule has 2 aromatic heterocycles. The van der Waals surface area contributed by atoms with Crippen molar-refractivity contribution in [2.24, 2.45) is 0 Å². The molecule has 0 saturated heterocycles. The smallest absolute Gasteiger partial charge is 0.256 e. The third-order valence-corrected chi connectivity index (χ3v) is 3.30. The van der Waals surface area contributed by atoms with Crippen molar-refractivity contribution in [1.82, 2.24) is 14.9 Å². The van der Waals surface area contributed by atoms with Gasteiger partial charge < -0.3 is 15.2 Å². The van der Waals surface area contributed by atoms with Crippen LogP contribution >= 0.6 is 12.4 Å². The number of hydrogen-bond acceptors (Lipinski definition) is 4. The Hall–Kier alpha value is -2.44. The summed E-state index contributed by atoms with van der Waals surface area (Å²) in [5.74, 6) is 0.335. The predicted molar refractivity (Wildman–Crippen MR) is 94.3 cm³/mol. The molecule has 2 N–H and O–H groups in total. The molecule has 1 aromatic carbocycles. The summed E-state index contributed by atoms with van der Waals surface area (Å²) in [7, 11) is 3.65. The number of aromatic nitrogens is 2. The predicted octanol–water partition coefficient (Wildman–Crippen LogP) is 2.00. The van der Waals surface area contributed by atoms with Gasteiger partial charge >= 0.3 is 0 Å². The first-order valence-corrected chi connectivity index (χ1v) is 6.91. The Balaban J connectivity index is 0.00000192. The zero-order valence-corrected chi connectivity index (χ0v) is 13.6. The number of hydrogen-bond donors (Lipinski definition) is 2. The molecule has 0 aliphatic carbocycles. The number of H-pyrrole nitrogens is 1. The maximum Gasteiger partial charge on any atom is 0.256 e. The number of amides is 1. The quantitative estimate of drug-likeness (QED) is 0.719. The van der Waals surface area contributed by atoms with Crippen LogP contribution in [0.15, 0.2) is 41.2 Å². The van der Waals surface area contributed by atoms with Crippen LogP contribution in [-0.2, 0) is 4.79 Å². The molecular weight excluding hydrogens is 316 g/mol. The lowest BCUT2D eigenvalue weighted by molar-refractivity contribution is -0.116. The number of carbonyl (C=O) groups excluding carboxylic acids is 1. The third-order valence-electron chi connectivity index (χ3n) is 3.30. The van der Waals surface area contributed by atoms with E-state index in [1.54, 1.807) is 23.1 Å². The lowest BCUT2D eigenvalue weighted by Gasteiger charge is -2.10. The van der Waals surface area contributed by atoms with Crippen LogP contribution < -0.4 is 10.9 Å². The molecule has 1 amide bonds. The minimum atomic E-state index is -0.144. The number of fused-ring (bicyclic) bond motifs is 3. The number of nitrogens with one attached hydrogen (secondary N) is 2. The van der Waals surface area contributed by atoms with Crippen LogP contribution in [0.2, 0.25) is 0 Å². The van der Waals surface area contributed by atoms with Crippen molar-refractivity contribution in [2.75, 3.05) is 26.0 Å². The van der Waals surface area contributed by atoms with Gasteiger partial charge in [0.2, 0.25) is 5.91 Å². The van der Waals surface area contributed by atoms with Gasteiger partial charge in [-0.3, -0.25) is 9.59 Å². The van der Waals surface area contributed by atoms with E-state index in [0.717, 1.165) is 5.39 Å². The zero-order valence-electron chi connectivity index (χ0n) is 12.8. The fraction of sp³-hybridized carbons (Fsp3) is 0.188. The van der Waals surface area contributed by atoms with Crippen molar-refractivity contribution < 1.29 is 4.79 Å². The monoisotopic (exact) mass is 332 g/mol. The molecule has 0 spiro atoms. The van der Waals surface area contributed by atoms with Gasteiger partial charge in [-0.15, -0.1) is 12.4 Å². The van der Waals surface area contributed by atoms with E-state index < -0.39 is 0 Å². The molecule has 120 valence electrons. The van der Waals surface area contributed by atoms with E-state index in [1.807, 2.05) is 32.3 Å². The van der Waals surface area contributed by atoms with Crippen LogP contribution in [0.4, 0.5) is 5.82 Å². The summed E-state index contributed by atoms with van der Waals surface area (Å²) in [6.45, 7) is 0.284. The lowest BCUT2D eigenvalue weighted by Crippen LogP contribution is -2.27. The summed E-state index contributed by atoms with van der Waals surface area (Å²) in [5, 5.41) is 4.11. The molecule has 0 atom stereocenters. The standard InChI is InChI=1S/C16H16N4O2.ClH/c1-20(2)9-14(21)18-13-8-7-12-15(19-13)10-5-3-4-6-11(10)16(22)17-12;/h3-8H,9H2,1-2H3,(H,17,22)(H,18,19,21);1H. The number of rotatable bonds is 3. The van der Waals surface area contributed by atoms with Crippen molar-refractivity contribution in [3.05, 3.63) is 46.8 Å². The van der Waals surface area contributed by atoms with Crippen LogP contribution in [0.5, 0.6) is 0 Å². The fourth-order valence-corrected chi connectivity index (χ4v) is 2.38. The van der Waals surface area contributed by atoms with Gasteiger partial charge in [0.1, 0.15) is 5.82 Å². The summed E-state index contributed by atoms with van der Waals surface area (Å²) in [4.78, 5) is 32.9. The van der Waals surface area contributed by atoms with Gasteiger partial charge in [-0.1, -0.05) is 18.2 Å². The highest BCUT2D eigenvalue weighted by atomic mass is 35.5. The van der Waals surface area contributed by atoms with E-state index in [-0.39, 0.29) is 30.4 Å². The molecule has 3 rings (SSSR count). The maximum absolute atomic E-state index is 12.0. The first kappa shape index (κ1) is 16.9. The molecule has 0 aliphatic heterocycles. The molecule has 0 aliphatic rings. The minimum Gasteiger partial charge on any atom is -0.320 e. The number of aromatic amines is 1. The number of halogens is 1. The molecular formula is C16H17ClN4O2. The highest BCUT2D eigenvalue weighted by molar-refractivity contribution is 6.03. The SMILES string of the molecule is CN(C)CC(=O)Nc1ccc2[nH]c(=O)c3ccccc3c2n1.Cl. The van der Waals surface area contributed by atoms with Gasteiger partial charge in [-0.2, -0.15) is 0 Å². The number of benzene rings is 1. The second kappa shape index (κ2) is 6.76.